The van der Waals surface area contributed by atoms with E-state index >= 15 is 0 Å². The second-order valence-electron chi connectivity index (χ2n) is 7.11. The second-order valence-corrected chi connectivity index (χ2v) is 7.72. The van der Waals surface area contributed by atoms with Gasteiger partial charge in [-0.15, -0.1) is 0 Å². The lowest BCUT2D eigenvalue weighted by Crippen LogP contribution is -2.33. The Morgan fingerprint density at radius 1 is 0.964 bits per heavy atom. The Kier molecular flexibility index (Phi) is 3.58. The summed E-state index contributed by atoms with van der Waals surface area (Å²) in [5.41, 5.74) is 3.82. The predicted octanol–water partition coefficient (Wildman–Crippen LogP) is 5.32. The maximum absolute atomic E-state index is 12.9. The van der Waals surface area contributed by atoms with Crippen LogP contribution in [0.15, 0.2) is 60.7 Å². The van der Waals surface area contributed by atoms with Crippen molar-refractivity contribution < 1.29 is 14.3 Å². The van der Waals surface area contributed by atoms with Gasteiger partial charge < -0.3 is 14.8 Å². The molecule has 0 radical (unpaired) electrons. The number of esters is 1. The minimum Gasteiger partial charge on any atom is -0.456 e. The monoisotopic (exact) mass is 387 g/mol. The van der Waals surface area contributed by atoms with Gasteiger partial charge in [-0.25, -0.2) is 4.79 Å². The molecule has 28 heavy (non-hydrogen) atoms. The summed E-state index contributed by atoms with van der Waals surface area (Å²) in [6, 6.07) is 19.3. The van der Waals surface area contributed by atoms with E-state index in [9.17, 15) is 4.79 Å². The molecule has 1 atom stereocenters. The van der Waals surface area contributed by atoms with Crippen LogP contribution >= 0.6 is 12.2 Å². The normalized spacial score (nSPS) is 18.6. The highest BCUT2D eigenvalue weighted by Crippen LogP contribution is 2.56. The van der Waals surface area contributed by atoms with Crippen LogP contribution in [0, 0.1) is 6.92 Å². The fraction of sp³-hybridized carbons (Fsp3) is 0.130. The van der Waals surface area contributed by atoms with Crippen molar-refractivity contribution in [2.24, 2.45) is 0 Å². The number of ether oxygens (including phenoxy) is 2. The SMILES string of the molecule is CC(=S)Nc1ccc2c(c1)C(=O)OC21c2ccccc2Oc2cc(C)ccc21. The van der Waals surface area contributed by atoms with Crippen LogP contribution in [0.3, 0.4) is 0 Å². The van der Waals surface area contributed by atoms with E-state index in [0.717, 1.165) is 27.9 Å². The van der Waals surface area contributed by atoms with Gasteiger partial charge in [0.2, 0.25) is 0 Å². The third-order valence-corrected chi connectivity index (χ3v) is 5.29. The fourth-order valence-electron chi connectivity index (χ4n) is 4.07. The van der Waals surface area contributed by atoms with Gasteiger partial charge in [-0.05, 0) is 43.7 Å². The van der Waals surface area contributed by atoms with Gasteiger partial charge >= 0.3 is 5.97 Å². The molecule has 5 heteroatoms. The largest absolute Gasteiger partial charge is 0.456 e. The van der Waals surface area contributed by atoms with Gasteiger partial charge in [0.25, 0.3) is 0 Å². The molecule has 2 aliphatic heterocycles. The number of anilines is 1. The predicted molar refractivity (Wildman–Crippen MR) is 111 cm³/mol. The van der Waals surface area contributed by atoms with Gasteiger partial charge in [-0.2, -0.15) is 0 Å². The summed E-state index contributed by atoms with van der Waals surface area (Å²) in [6.07, 6.45) is 0. The zero-order chi connectivity index (χ0) is 19.5. The Balaban J connectivity index is 1.80. The lowest BCUT2D eigenvalue weighted by molar-refractivity contribution is 0.0224. The number of aryl methyl sites for hydroxylation is 1. The van der Waals surface area contributed by atoms with Gasteiger partial charge in [0.15, 0.2) is 5.60 Å². The molecule has 2 aliphatic rings. The van der Waals surface area contributed by atoms with Crippen LogP contribution in [0.1, 0.15) is 39.5 Å². The van der Waals surface area contributed by atoms with Crippen molar-refractivity contribution in [1.29, 1.82) is 0 Å². The molecule has 3 aromatic carbocycles. The molecule has 5 rings (SSSR count). The van der Waals surface area contributed by atoms with E-state index in [2.05, 4.69) is 5.32 Å². The van der Waals surface area contributed by atoms with Crippen LogP contribution in [0.5, 0.6) is 11.5 Å². The summed E-state index contributed by atoms with van der Waals surface area (Å²) in [5, 5.41) is 3.09. The molecule has 0 saturated heterocycles. The van der Waals surface area contributed by atoms with Gasteiger partial charge in [-0.1, -0.05) is 48.6 Å². The number of rotatable bonds is 1. The first kappa shape index (κ1) is 17.0. The molecule has 3 aromatic rings. The summed E-state index contributed by atoms with van der Waals surface area (Å²) in [4.78, 5) is 13.6. The molecular weight excluding hydrogens is 370 g/mol. The van der Waals surface area contributed by atoms with Gasteiger partial charge in [0.05, 0.1) is 10.6 Å². The van der Waals surface area contributed by atoms with E-state index in [1.807, 2.05) is 61.5 Å². The van der Waals surface area contributed by atoms with E-state index in [-0.39, 0.29) is 5.97 Å². The average molecular weight is 387 g/mol. The number of thiocarbonyl (C=S) groups is 1. The Bertz CT molecular complexity index is 1170. The molecule has 4 nitrogen and oxygen atoms in total. The van der Waals surface area contributed by atoms with Gasteiger partial charge in [0, 0.05) is 22.4 Å². The number of carbonyl (C=O) groups is 1. The molecule has 0 amide bonds. The quantitative estimate of drug-likeness (QED) is 0.452. The summed E-state index contributed by atoms with van der Waals surface area (Å²) >= 11 is 5.13. The molecule has 1 unspecified atom stereocenters. The fourth-order valence-corrected chi connectivity index (χ4v) is 4.18. The van der Waals surface area contributed by atoms with Crippen molar-refractivity contribution in [2.75, 3.05) is 5.32 Å². The van der Waals surface area contributed by atoms with Crippen molar-refractivity contribution in [2.45, 2.75) is 19.4 Å². The smallest absolute Gasteiger partial charge is 0.340 e. The Labute approximate surface area is 168 Å². The molecule has 0 saturated carbocycles. The number of hydrogen-bond donors (Lipinski definition) is 1. The van der Waals surface area contributed by atoms with Crippen LogP contribution in [0.4, 0.5) is 5.69 Å². The Morgan fingerprint density at radius 3 is 2.54 bits per heavy atom. The highest BCUT2D eigenvalue weighted by atomic mass is 32.1. The molecule has 1 N–H and O–H groups in total. The number of carbonyl (C=O) groups excluding carboxylic acids is 1. The second kappa shape index (κ2) is 5.91. The third-order valence-electron chi connectivity index (χ3n) is 5.19. The van der Waals surface area contributed by atoms with E-state index in [0.29, 0.717) is 22.1 Å². The highest BCUT2D eigenvalue weighted by Gasteiger charge is 2.53. The van der Waals surface area contributed by atoms with E-state index in [4.69, 9.17) is 21.7 Å². The van der Waals surface area contributed by atoms with Crippen molar-refractivity contribution in [1.82, 2.24) is 0 Å². The zero-order valence-electron chi connectivity index (χ0n) is 15.4. The van der Waals surface area contributed by atoms with Crippen LogP contribution < -0.4 is 10.1 Å². The molecule has 1 spiro atoms. The van der Waals surface area contributed by atoms with Crippen LogP contribution in [0.25, 0.3) is 0 Å². The summed E-state index contributed by atoms with van der Waals surface area (Å²) in [6.45, 7) is 3.81. The first-order valence-electron chi connectivity index (χ1n) is 9.03. The first-order chi connectivity index (χ1) is 13.5. The molecule has 0 bridgehead atoms. The van der Waals surface area contributed by atoms with Crippen molar-refractivity contribution in [3.8, 4) is 11.5 Å². The molecule has 0 aliphatic carbocycles. The maximum Gasteiger partial charge on any atom is 0.340 e. The number of benzene rings is 3. The molecule has 2 heterocycles. The van der Waals surface area contributed by atoms with Crippen LogP contribution in [-0.4, -0.2) is 11.0 Å². The van der Waals surface area contributed by atoms with Gasteiger partial charge in [-0.3, -0.25) is 0 Å². The van der Waals surface area contributed by atoms with Gasteiger partial charge in [0.1, 0.15) is 11.5 Å². The van der Waals surface area contributed by atoms with Crippen molar-refractivity contribution in [3.63, 3.8) is 0 Å². The van der Waals surface area contributed by atoms with Crippen molar-refractivity contribution >= 4 is 28.9 Å². The lowest BCUT2D eigenvalue weighted by atomic mass is 9.77. The Morgan fingerprint density at radius 2 is 1.71 bits per heavy atom. The first-order valence-corrected chi connectivity index (χ1v) is 9.44. The van der Waals surface area contributed by atoms with Crippen LogP contribution in [-0.2, 0) is 10.3 Å². The molecule has 138 valence electrons. The number of fused-ring (bicyclic) bond motifs is 6. The van der Waals surface area contributed by atoms with E-state index in [1.54, 1.807) is 13.0 Å². The van der Waals surface area contributed by atoms with E-state index in [1.165, 1.54) is 0 Å². The zero-order valence-corrected chi connectivity index (χ0v) is 16.2. The average Bonchev–Trinajstić information content (AvgIpc) is 2.94. The molecule has 0 fully saturated rings. The summed E-state index contributed by atoms with van der Waals surface area (Å²) in [7, 11) is 0. The summed E-state index contributed by atoms with van der Waals surface area (Å²) < 4.78 is 12.3. The number of nitrogens with one attached hydrogen (secondary N) is 1. The molecule has 0 aromatic heterocycles. The topological polar surface area (TPSA) is 47.6 Å². The summed E-state index contributed by atoms with van der Waals surface area (Å²) in [5.74, 6) is 1.04. The molecular formula is C23H17NO3S. The Hall–Kier alpha value is -3.18. The lowest BCUT2D eigenvalue weighted by Gasteiger charge is -2.36. The maximum atomic E-state index is 12.9. The number of hydrogen-bond acceptors (Lipinski definition) is 4. The van der Waals surface area contributed by atoms with Crippen molar-refractivity contribution in [3.05, 3.63) is 88.5 Å². The minimum absolute atomic E-state index is 0.358. The van der Waals surface area contributed by atoms with E-state index < -0.39 is 5.60 Å². The number of para-hydroxylation sites is 1. The van der Waals surface area contributed by atoms with Crippen LogP contribution in [0.2, 0.25) is 0 Å². The highest BCUT2D eigenvalue weighted by molar-refractivity contribution is 7.80. The third kappa shape index (κ3) is 2.29. The standard InChI is InChI=1S/C23H17NO3S/c1-13-7-9-19-21(11-13)26-20-6-4-3-5-18(20)23(19)17-10-8-15(24-14(2)28)12-16(17)22(25)27-23/h3-12H,1-2H3,(H,24,28). The minimum atomic E-state index is -1.02.